The quantitative estimate of drug-likeness (QED) is 0.804. The van der Waals surface area contributed by atoms with Crippen molar-refractivity contribution < 1.29 is 17.6 Å². The van der Waals surface area contributed by atoms with Crippen LogP contribution in [0.4, 0.5) is 23.2 Å². The lowest BCUT2D eigenvalue weighted by Crippen LogP contribution is -2.26. The number of nitrogens with zero attached hydrogens (tertiary/aromatic N) is 1. The van der Waals surface area contributed by atoms with Crippen molar-refractivity contribution in [2.45, 2.75) is 32.9 Å². The summed E-state index contributed by atoms with van der Waals surface area (Å²) in [6, 6.07) is 2.51. The fraction of sp³-hybridized carbons (Fsp3) is 0.538. The van der Waals surface area contributed by atoms with Crippen LogP contribution in [0, 0.1) is 11.6 Å². The second-order valence-corrected chi connectivity index (χ2v) is 4.72. The molecule has 0 amide bonds. The van der Waals surface area contributed by atoms with Crippen molar-refractivity contribution in [1.82, 2.24) is 5.32 Å². The van der Waals surface area contributed by atoms with E-state index >= 15 is 0 Å². The van der Waals surface area contributed by atoms with E-state index in [1.807, 2.05) is 13.8 Å². The van der Waals surface area contributed by atoms with Gasteiger partial charge in [-0.05, 0) is 17.7 Å². The molecule has 0 heterocycles. The van der Waals surface area contributed by atoms with E-state index in [0.29, 0.717) is 12.1 Å². The molecule has 0 radical (unpaired) electrons. The summed E-state index contributed by atoms with van der Waals surface area (Å²) in [5.74, 6) is -1.66. The van der Waals surface area contributed by atoms with Gasteiger partial charge in [-0.1, -0.05) is 13.8 Å². The van der Waals surface area contributed by atoms with Gasteiger partial charge < -0.3 is 10.2 Å². The second kappa shape index (κ2) is 6.75. The molecule has 0 unspecified atom stereocenters. The van der Waals surface area contributed by atoms with Crippen LogP contribution in [0.1, 0.15) is 19.4 Å². The average molecular weight is 278 g/mol. The summed E-state index contributed by atoms with van der Waals surface area (Å²) in [5, 5.41) is 3.03. The number of benzene rings is 1. The Morgan fingerprint density at radius 1 is 1.16 bits per heavy atom. The van der Waals surface area contributed by atoms with Crippen LogP contribution in [-0.2, 0) is 6.54 Å². The zero-order valence-corrected chi connectivity index (χ0v) is 11.2. The molecular weight excluding hydrogens is 260 g/mol. The summed E-state index contributed by atoms with van der Waals surface area (Å²) in [6.45, 7) is 3.44. The maximum atomic E-state index is 13.8. The van der Waals surface area contributed by atoms with Crippen LogP contribution >= 0.6 is 0 Å². The lowest BCUT2D eigenvalue weighted by atomic mass is 10.1. The van der Waals surface area contributed by atoms with E-state index in [9.17, 15) is 17.6 Å². The van der Waals surface area contributed by atoms with Gasteiger partial charge in [-0.3, -0.25) is 0 Å². The standard InChI is InChI=1S/C13H18F4N2/c1-8(2)18-6-9-4-10(14)13(11(15)5-9)19(3)7-12(16)17/h4-5,8,12,18H,6-7H2,1-3H3. The lowest BCUT2D eigenvalue weighted by Gasteiger charge is -2.20. The molecule has 0 aliphatic rings. The van der Waals surface area contributed by atoms with Gasteiger partial charge in [0.25, 0.3) is 6.43 Å². The van der Waals surface area contributed by atoms with Gasteiger partial charge >= 0.3 is 0 Å². The first kappa shape index (κ1) is 15.8. The highest BCUT2D eigenvalue weighted by Gasteiger charge is 2.18. The zero-order chi connectivity index (χ0) is 14.6. The third kappa shape index (κ3) is 4.70. The monoisotopic (exact) mass is 278 g/mol. The van der Waals surface area contributed by atoms with Gasteiger partial charge in [0.15, 0.2) is 0 Å². The van der Waals surface area contributed by atoms with E-state index in [1.165, 1.54) is 7.05 Å². The maximum Gasteiger partial charge on any atom is 0.255 e. The third-order valence-corrected chi connectivity index (χ3v) is 2.58. The largest absolute Gasteiger partial charge is 0.364 e. The molecule has 2 nitrogen and oxygen atoms in total. The number of rotatable bonds is 6. The Labute approximate surface area is 110 Å². The summed E-state index contributed by atoms with van der Waals surface area (Å²) in [6.07, 6.45) is -2.65. The number of anilines is 1. The van der Waals surface area contributed by atoms with Crippen LogP contribution in [0.15, 0.2) is 12.1 Å². The van der Waals surface area contributed by atoms with Crippen LogP contribution in [0.25, 0.3) is 0 Å². The van der Waals surface area contributed by atoms with Crippen LogP contribution < -0.4 is 10.2 Å². The summed E-state index contributed by atoms with van der Waals surface area (Å²) in [4.78, 5) is 0.884. The molecule has 1 rings (SSSR count). The zero-order valence-electron chi connectivity index (χ0n) is 11.2. The molecule has 1 aromatic rings. The summed E-state index contributed by atoms with van der Waals surface area (Å²) >= 11 is 0. The van der Waals surface area contributed by atoms with Gasteiger partial charge in [0.2, 0.25) is 0 Å². The molecule has 0 aromatic heterocycles. The van der Waals surface area contributed by atoms with Gasteiger partial charge in [0.1, 0.15) is 17.3 Å². The van der Waals surface area contributed by atoms with E-state index in [0.717, 1.165) is 17.0 Å². The molecule has 19 heavy (non-hydrogen) atoms. The Bertz CT molecular complexity index is 398. The number of hydrogen-bond acceptors (Lipinski definition) is 2. The number of nitrogens with one attached hydrogen (secondary N) is 1. The Morgan fingerprint density at radius 2 is 1.68 bits per heavy atom. The molecule has 108 valence electrons. The van der Waals surface area contributed by atoms with Crippen LogP contribution in [0.2, 0.25) is 0 Å². The van der Waals surface area contributed by atoms with Crippen molar-refractivity contribution in [1.29, 1.82) is 0 Å². The fourth-order valence-corrected chi connectivity index (χ4v) is 1.71. The van der Waals surface area contributed by atoms with E-state index < -0.39 is 30.3 Å². The van der Waals surface area contributed by atoms with Gasteiger partial charge in [0, 0.05) is 19.6 Å². The topological polar surface area (TPSA) is 15.3 Å². The highest BCUT2D eigenvalue weighted by atomic mass is 19.3. The summed E-state index contributed by atoms with van der Waals surface area (Å²) < 4.78 is 52.0. The number of alkyl halides is 2. The number of halogens is 4. The molecule has 1 aromatic carbocycles. The third-order valence-electron chi connectivity index (χ3n) is 2.58. The van der Waals surface area contributed by atoms with Gasteiger partial charge in [0.05, 0.1) is 6.54 Å². The SMILES string of the molecule is CC(C)NCc1cc(F)c(N(C)CC(F)F)c(F)c1. The van der Waals surface area contributed by atoms with E-state index in [2.05, 4.69) is 5.32 Å². The Hall–Kier alpha value is -1.30. The first-order chi connectivity index (χ1) is 8.81. The van der Waals surface area contributed by atoms with Crippen molar-refractivity contribution >= 4 is 5.69 Å². The summed E-state index contributed by atoms with van der Waals surface area (Å²) in [7, 11) is 1.24. The molecular formula is C13H18F4N2. The minimum atomic E-state index is -2.65. The molecule has 0 spiro atoms. The highest BCUT2D eigenvalue weighted by molar-refractivity contribution is 5.50. The number of hydrogen-bond donors (Lipinski definition) is 1. The highest BCUT2D eigenvalue weighted by Crippen LogP contribution is 2.24. The average Bonchev–Trinajstić information content (AvgIpc) is 2.24. The Kier molecular flexibility index (Phi) is 5.60. The molecule has 6 heteroatoms. The molecule has 0 bridgehead atoms. The van der Waals surface area contributed by atoms with Crippen molar-refractivity contribution in [3.8, 4) is 0 Å². The molecule has 0 saturated heterocycles. The Balaban J connectivity index is 2.90. The van der Waals surface area contributed by atoms with E-state index in [-0.39, 0.29) is 6.04 Å². The van der Waals surface area contributed by atoms with E-state index in [4.69, 9.17) is 0 Å². The second-order valence-electron chi connectivity index (χ2n) is 4.72. The van der Waals surface area contributed by atoms with Crippen molar-refractivity contribution in [2.75, 3.05) is 18.5 Å². The molecule has 0 aliphatic carbocycles. The minimum Gasteiger partial charge on any atom is -0.364 e. The molecule has 0 aliphatic heterocycles. The van der Waals surface area contributed by atoms with Crippen molar-refractivity contribution in [2.24, 2.45) is 0 Å². The molecule has 1 N–H and O–H groups in total. The predicted octanol–water partition coefficient (Wildman–Crippen LogP) is 3.16. The van der Waals surface area contributed by atoms with Gasteiger partial charge in [-0.2, -0.15) is 0 Å². The smallest absolute Gasteiger partial charge is 0.255 e. The van der Waals surface area contributed by atoms with Crippen molar-refractivity contribution in [3.63, 3.8) is 0 Å². The Morgan fingerprint density at radius 3 is 2.11 bits per heavy atom. The van der Waals surface area contributed by atoms with Gasteiger partial charge in [-0.25, -0.2) is 17.6 Å². The molecule has 0 atom stereocenters. The lowest BCUT2D eigenvalue weighted by molar-refractivity contribution is 0.156. The first-order valence-corrected chi connectivity index (χ1v) is 6.01. The van der Waals surface area contributed by atoms with Crippen LogP contribution in [0.3, 0.4) is 0 Å². The predicted molar refractivity (Wildman–Crippen MR) is 67.6 cm³/mol. The minimum absolute atomic E-state index is 0.187. The molecule has 0 fully saturated rings. The molecule has 0 saturated carbocycles. The van der Waals surface area contributed by atoms with E-state index in [1.54, 1.807) is 0 Å². The van der Waals surface area contributed by atoms with Crippen LogP contribution in [-0.4, -0.2) is 26.1 Å². The first-order valence-electron chi connectivity index (χ1n) is 6.01. The normalized spacial score (nSPS) is 11.4. The van der Waals surface area contributed by atoms with Crippen LogP contribution in [0.5, 0.6) is 0 Å². The van der Waals surface area contributed by atoms with Crippen molar-refractivity contribution in [3.05, 3.63) is 29.3 Å². The van der Waals surface area contributed by atoms with Gasteiger partial charge in [-0.15, -0.1) is 0 Å². The fourth-order valence-electron chi connectivity index (χ4n) is 1.71. The maximum absolute atomic E-state index is 13.8. The summed E-state index contributed by atoms with van der Waals surface area (Å²) in [5.41, 5.74) is 0.0199.